The molecular weight excluding hydrogens is 599 g/mol. The van der Waals surface area contributed by atoms with Gasteiger partial charge in [-0.15, -0.1) is 0 Å². The minimum absolute atomic E-state index is 0.0104. The topological polar surface area (TPSA) is 106 Å². The molecule has 1 aliphatic carbocycles. The second-order valence-electron chi connectivity index (χ2n) is 10.3. The standard InChI is InChI=1S/C32H23F5N4O4/c1-38-30(43)25-21-14-19(23(45-28(37)27(35)36)15-24(21)44-26(25)16-3-6-18(33)7-4-16)17-5-8-22(34)20(13-17)29(42)41-32(9-10-32)31-39-11-2-12-40-31/h2-8,11-15,27-28H,9-10H2,1H3,(H,38,43)(H,41,42). The van der Waals surface area contributed by atoms with E-state index in [1.165, 1.54) is 43.7 Å². The zero-order valence-corrected chi connectivity index (χ0v) is 23.4. The van der Waals surface area contributed by atoms with Gasteiger partial charge in [0.2, 0.25) is 0 Å². The lowest BCUT2D eigenvalue weighted by Gasteiger charge is -2.18. The number of hydrogen-bond donors (Lipinski definition) is 2. The van der Waals surface area contributed by atoms with Gasteiger partial charge in [-0.3, -0.25) is 9.59 Å². The molecule has 8 nitrogen and oxygen atoms in total. The molecule has 5 aromatic rings. The van der Waals surface area contributed by atoms with Crippen molar-refractivity contribution in [3.63, 3.8) is 0 Å². The van der Waals surface area contributed by atoms with Crippen molar-refractivity contribution in [3.8, 4) is 28.2 Å². The molecule has 230 valence electrons. The lowest BCUT2D eigenvalue weighted by molar-refractivity contribution is -0.0665. The van der Waals surface area contributed by atoms with Crippen molar-refractivity contribution in [2.75, 3.05) is 7.05 Å². The largest absolute Gasteiger partial charge is 0.455 e. The van der Waals surface area contributed by atoms with Crippen molar-refractivity contribution in [2.45, 2.75) is 31.2 Å². The van der Waals surface area contributed by atoms with Crippen LogP contribution in [0.5, 0.6) is 5.75 Å². The number of carbonyl (C=O) groups is 2. The van der Waals surface area contributed by atoms with Crippen LogP contribution in [0.1, 0.15) is 39.4 Å². The molecule has 2 N–H and O–H groups in total. The predicted molar refractivity (Wildman–Crippen MR) is 152 cm³/mol. The SMILES string of the molecule is CNC(=O)c1c(-c2ccc(F)cc2)oc2cc(OC(F)C(F)F)c(-c3ccc(F)c(C(=O)NC4(c5ncccn5)CC4)c3)cc12. The molecule has 3 aromatic carbocycles. The number of carbonyl (C=O) groups excluding carboxylic acids is 2. The lowest BCUT2D eigenvalue weighted by Crippen LogP contribution is -2.36. The predicted octanol–water partition coefficient (Wildman–Crippen LogP) is 6.55. The Morgan fingerprint density at radius 3 is 2.27 bits per heavy atom. The molecule has 0 saturated heterocycles. The Hall–Kier alpha value is -5.33. The maximum atomic E-state index is 15.1. The van der Waals surface area contributed by atoms with Crippen molar-refractivity contribution in [1.82, 2.24) is 20.6 Å². The highest BCUT2D eigenvalue weighted by molar-refractivity contribution is 6.12. The minimum atomic E-state index is -3.51. The smallest absolute Gasteiger partial charge is 0.304 e. The Morgan fingerprint density at radius 1 is 0.933 bits per heavy atom. The number of benzene rings is 3. The van der Waals surface area contributed by atoms with Crippen LogP contribution in [0, 0.1) is 11.6 Å². The quantitative estimate of drug-likeness (QED) is 0.181. The normalized spacial score (nSPS) is 14.3. The van der Waals surface area contributed by atoms with E-state index in [1.54, 1.807) is 6.07 Å². The average molecular weight is 623 g/mol. The van der Waals surface area contributed by atoms with Gasteiger partial charge in [0.1, 0.15) is 34.3 Å². The molecule has 1 aliphatic rings. The first-order valence-electron chi connectivity index (χ1n) is 13.7. The summed E-state index contributed by atoms with van der Waals surface area (Å²) >= 11 is 0. The van der Waals surface area contributed by atoms with Crippen LogP contribution in [0.25, 0.3) is 33.4 Å². The number of aromatic nitrogens is 2. The molecule has 6 rings (SSSR count). The lowest BCUT2D eigenvalue weighted by atomic mass is 9.97. The van der Waals surface area contributed by atoms with Gasteiger partial charge in [0, 0.05) is 42.0 Å². The monoisotopic (exact) mass is 622 g/mol. The molecule has 1 atom stereocenters. The summed E-state index contributed by atoms with van der Waals surface area (Å²) in [6, 6.07) is 12.6. The van der Waals surface area contributed by atoms with E-state index in [-0.39, 0.29) is 33.4 Å². The van der Waals surface area contributed by atoms with Gasteiger partial charge in [0.15, 0.2) is 5.82 Å². The molecule has 2 aromatic heterocycles. The Morgan fingerprint density at radius 2 is 1.62 bits per heavy atom. The fraction of sp³-hybridized carbons (Fsp3) is 0.188. The third-order valence-electron chi connectivity index (χ3n) is 7.41. The number of nitrogens with one attached hydrogen (secondary N) is 2. The van der Waals surface area contributed by atoms with Crippen LogP contribution in [0.3, 0.4) is 0 Å². The summed E-state index contributed by atoms with van der Waals surface area (Å²) in [6.07, 6.45) is -2.45. The summed E-state index contributed by atoms with van der Waals surface area (Å²) < 4.78 is 80.3. The maximum absolute atomic E-state index is 15.1. The second kappa shape index (κ2) is 11.6. The number of amides is 2. The number of ether oxygens (including phenoxy) is 1. The van der Waals surface area contributed by atoms with Crippen LogP contribution in [0.2, 0.25) is 0 Å². The molecule has 0 radical (unpaired) electrons. The molecule has 1 saturated carbocycles. The van der Waals surface area contributed by atoms with Gasteiger partial charge < -0.3 is 19.8 Å². The van der Waals surface area contributed by atoms with Crippen LogP contribution >= 0.6 is 0 Å². The second-order valence-corrected chi connectivity index (χ2v) is 10.3. The number of alkyl halides is 3. The van der Waals surface area contributed by atoms with Crippen molar-refractivity contribution >= 4 is 22.8 Å². The van der Waals surface area contributed by atoms with Crippen molar-refractivity contribution in [2.24, 2.45) is 0 Å². The van der Waals surface area contributed by atoms with Gasteiger partial charge >= 0.3 is 6.43 Å². The van der Waals surface area contributed by atoms with E-state index in [9.17, 15) is 27.2 Å². The Bertz CT molecular complexity index is 1910. The first kappa shape index (κ1) is 29.7. The summed E-state index contributed by atoms with van der Waals surface area (Å²) in [7, 11) is 1.38. The number of nitrogens with zero attached hydrogens (tertiary/aromatic N) is 2. The van der Waals surface area contributed by atoms with E-state index in [2.05, 4.69) is 20.6 Å². The number of rotatable bonds is 9. The summed E-state index contributed by atoms with van der Waals surface area (Å²) in [5.74, 6) is -2.82. The molecule has 0 bridgehead atoms. The van der Waals surface area contributed by atoms with E-state index < -0.39 is 53.1 Å². The summed E-state index contributed by atoms with van der Waals surface area (Å²) in [5.41, 5.74) is -0.914. The highest BCUT2D eigenvalue weighted by Gasteiger charge is 2.48. The van der Waals surface area contributed by atoms with Gasteiger partial charge in [-0.2, -0.15) is 4.39 Å². The van der Waals surface area contributed by atoms with Crippen LogP contribution in [-0.4, -0.2) is 41.6 Å². The van der Waals surface area contributed by atoms with Gasteiger partial charge in [-0.1, -0.05) is 6.07 Å². The third-order valence-corrected chi connectivity index (χ3v) is 7.41. The third kappa shape index (κ3) is 5.68. The van der Waals surface area contributed by atoms with E-state index in [1.807, 2.05) is 0 Å². The molecular formula is C32H23F5N4O4. The van der Waals surface area contributed by atoms with Gasteiger partial charge in [-0.25, -0.2) is 27.5 Å². The minimum Gasteiger partial charge on any atom is -0.455 e. The molecule has 0 spiro atoms. The Kier molecular flexibility index (Phi) is 7.69. The molecule has 0 aliphatic heterocycles. The number of hydrogen-bond acceptors (Lipinski definition) is 6. The molecule has 2 heterocycles. The molecule has 13 heteroatoms. The fourth-order valence-electron chi connectivity index (χ4n) is 5.00. The van der Waals surface area contributed by atoms with Gasteiger partial charge in [0.25, 0.3) is 18.2 Å². The summed E-state index contributed by atoms with van der Waals surface area (Å²) in [4.78, 5) is 34.8. The number of fused-ring (bicyclic) bond motifs is 1. The van der Waals surface area contributed by atoms with E-state index in [0.29, 0.717) is 24.2 Å². The molecule has 2 amide bonds. The maximum Gasteiger partial charge on any atom is 0.304 e. The first-order valence-corrected chi connectivity index (χ1v) is 13.7. The molecule has 45 heavy (non-hydrogen) atoms. The van der Waals surface area contributed by atoms with E-state index in [4.69, 9.17) is 9.15 Å². The summed E-state index contributed by atoms with van der Waals surface area (Å²) in [6.45, 7) is 0. The zero-order chi connectivity index (χ0) is 31.9. The highest BCUT2D eigenvalue weighted by Crippen LogP contribution is 2.44. The average Bonchev–Trinajstić information content (AvgIpc) is 3.73. The fourth-order valence-corrected chi connectivity index (χ4v) is 5.00. The van der Waals surface area contributed by atoms with Gasteiger partial charge in [-0.05, 0) is 66.9 Å². The number of halogens is 5. The van der Waals surface area contributed by atoms with Crippen LogP contribution in [0.15, 0.2) is 77.5 Å². The van der Waals surface area contributed by atoms with E-state index >= 15 is 4.39 Å². The van der Waals surface area contributed by atoms with Crippen molar-refractivity contribution in [1.29, 1.82) is 0 Å². The number of furan rings is 1. The Balaban J connectivity index is 1.48. The molecule has 1 unspecified atom stereocenters. The van der Waals surface area contributed by atoms with Gasteiger partial charge in [0.05, 0.1) is 11.1 Å². The summed E-state index contributed by atoms with van der Waals surface area (Å²) in [5, 5.41) is 5.44. The van der Waals surface area contributed by atoms with Crippen LogP contribution in [-0.2, 0) is 5.54 Å². The van der Waals surface area contributed by atoms with Crippen molar-refractivity contribution in [3.05, 3.63) is 102 Å². The van der Waals surface area contributed by atoms with Crippen LogP contribution in [0.4, 0.5) is 22.0 Å². The first-order chi connectivity index (χ1) is 21.6. The van der Waals surface area contributed by atoms with E-state index in [0.717, 1.165) is 30.3 Å². The highest BCUT2D eigenvalue weighted by atomic mass is 19.3. The Labute approximate surface area is 252 Å². The zero-order valence-electron chi connectivity index (χ0n) is 23.4. The van der Waals surface area contributed by atoms with Crippen molar-refractivity contribution < 1.29 is 40.7 Å². The molecule has 1 fully saturated rings. The van der Waals surface area contributed by atoms with Crippen LogP contribution < -0.4 is 15.4 Å².